The number of nitrogens with one attached hydrogen (secondary N) is 3. The summed E-state index contributed by atoms with van der Waals surface area (Å²) in [6.07, 6.45) is 3.03. The number of unbranched alkanes of at least 4 members (excludes halogenated alkanes) is 1. The van der Waals surface area contributed by atoms with E-state index in [0.29, 0.717) is 26.1 Å². The van der Waals surface area contributed by atoms with Crippen LogP contribution in [0.25, 0.3) is 0 Å². The summed E-state index contributed by atoms with van der Waals surface area (Å²) in [5.74, 6) is 1.18. The van der Waals surface area contributed by atoms with E-state index in [2.05, 4.69) is 52.2 Å². The highest BCUT2D eigenvalue weighted by Crippen LogP contribution is 2.23. The molecule has 240 valence electrons. The standard InChI is InChI=1S/C34H61N5O3/c1-31(2,3)28(40)26(37-33(7,8)9)15-13-14-20-39(30(35)36)21-22-42-25-18-16-24(17-19-25)23-27(38-34(10,11)12)29(41)32(4,5)6/h16-19,26-27,37-38H,13-15,20-23H2,1-12H3,(H3,35,36). The second-order valence-electron chi connectivity index (χ2n) is 15.7. The zero-order valence-corrected chi connectivity index (χ0v) is 28.7. The maximum atomic E-state index is 13.1. The maximum Gasteiger partial charge on any atom is 0.188 e. The summed E-state index contributed by atoms with van der Waals surface area (Å²) >= 11 is 0. The fraction of sp³-hybridized carbons (Fsp3) is 0.735. The lowest BCUT2D eigenvalue weighted by molar-refractivity contribution is -0.129. The second kappa shape index (κ2) is 15.3. The Balaban J connectivity index is 2.67. The quantitative estimate of drug-likeness (QED) is 0.118. The van der Waals surface area contributed by atoms with Gasteiger partial charge in [0.1, 0.15) is 12.4 Å². The van der Waals surface area contributed by atoms with Crippen molar-refractivity contribution in [2.75, 3.05) is 19.7 Å². The third kappa shape index (κ3) is 14.6. The van der Waals surface area contributed by atoms with Crippen molar-refractivity contribution in [3.05, 3.63) is 29.8 Å². The molecule has 0 heterocycles. The number of ketones is 2. The van der Waals surface area contributed by atoms with Crippen LogP contribution >= 0.6 is 0 Å². The van der Waals surface area contributed by atoms with Crippen molar-refractivity contribution in [2.45, 2.75) is 132 Å². The van der Waals surface area contributed by atoms with Crippen LogP contribution in [0.3, 0.4) is 0 Å². The van der Waals surface area contributed by atoms with Gasteiger partial charge in [0, 0.05) is 28.5 Å². The first-order valence-corrected chi connectivity index (χ1v) is 15.4. The van der Waals surface area contributed by atoms with Gasteiger partial charge in [-0.05, 0) is 84.9 Å². The summed E-state index contributed by atoms with van der Waals surface area (Å²) < 4.78 is 5.97. The Morgan fingerprint density at radius 1 is 0.786 bits per heavy atom. The predicted molar refractivity (Wildman–Crippen MR) is 175 cm³/mol. The van der Waals surface area contributed by atoms with Gasteiger partial charge in [0.25, 0.3) is 0 Å². The molecule has 1 aromatic rings. The summed E-state index contributed by atoms with van der Waals surface area (Å²) in [4.78, 5) is 27.9. The van der Waals surface area contributed by atoms with Crippen molar-refractivity contribution in [2.24, 2.45) is 16.6 Å². The number of guanidine groups is 1. The lowest BCUT2D eigenvalue weighted by Gasteiger charge is -2.32. The van der Waals surface area contributed by atoms with Crippen molar-refractivity contribution in [1.29, 1.82) is 5.41 Å². The molecule has 1 aromatic carbocycles. The van der Waals surface area contributed by atoms with Crippen LogP contribution in [0.5, 0.6) is 5.75 Å². The molecule has 8 nitrogen and oxygen atoms in total. The average Bonchev–Trinajstić information content (AvgIpc) is 2.81. The lowest BCUT2D eigenvalue weighted by Crippen LogP contribution is -2.51. The van der Waals surface area contributed by atoms with E-state index in [-0.39, 0.29) is 40.7 Å². The number of carbonyl (C=O) groups excluding carboxylic acids is 2. The predicted octanol–water partition coefficient (Wildman–Crippen LogP) is 5.72. The van der Waals surface area contributed by atoms with Crippen LogP contribution in [0, 0.1) is 16.2 Å². The Morgan fingerprint density at radius 3 is 1.71 bits per heavy atom. The van der Waals surface area contributed by atoms with E-state index < -0.39 is 10.8 Å². The van der Waals surface area contributed by atoms with Crippen LogP contribution in [-0.4, -0.2) is 65.3 Å². The molecule has 5 N–H and O–H groups in total. The number of nitrogens with zero attached hydrogens (tertiary/aromatic N) is 1. The number of hydrogen-bond acceptors (Lipinski definition) is 6. The van der Waals surface area contributed by atoms with E-state index in [1.807, 2.05) is 70.7 Å². The molecular weight excluding hydrogens is 526 g/mol. The van der Waals surface area contributed by atoms with E-state index >= 15 is 0 Å². The third-order valence-electron chi connectivity index (χ3n) is 6.83. The summed E-state index contributed by atoms with van der Waals surface area (Å²) in [5.41, 5.74) is 5.77. The van der Waals surface area contributed by atoms with E-state index in [1.165, 1.54) is 0 Å². The highest BCUT2D eigenvalue weighted by Gasteiger charge is 2.33. The second-order valence-corrected chi connectivity index (χ2v) is 15.7. The minimum atomic E-state index is -0.427. The van der Waals surface area contributed by atoms with E-state index in [1.54, 1.807) is 0 Å². The molecule has 2 atom stereocenters. The van der Waals surface area contributed by atoms with Crippen molar-refractivity contribution in [1.82, 2.24) is 15.5 Å². The van der Waals surface area contributed by atoms with Gasteiger partial charge in [-0.3, -0.25) is 15.0 Å². The molecule has 0 aliphatic heterocycles. The normalized spacial score (nSPS) is 14.3. The van der Waals surface area contributed by atoms with Crippen molar-refractivity contribution >= 4 is 17.5 Å². The molecule has 42 heavy (non-hydrogen) atoms. The first kappa shape index (κ1) is 37.6. The fourth-order valence-electron chi connectivity index (χ4n) is 4.80. The topological polar surface area (TPSA) is 121 Å². The van der Waals surface area contributed by atoms with Gasteiger partial charge < -0.3 is 26.0 Å². The van der Waals surface area contributed by atoms with Crippen LogP contribution in [0.4, 0.5) is 0 Å². The number of benzene rings is 1. The van der Waals surface area contributed by atoms with E-state index in [0.717, 1.165) is 30.6 Å². The highest BCUT2D eigenvalue weighted by molar-refractivity contribution is 5.89. The Hall–Kier alpha value is -2.45. The van der Waals surface area contributed by atoms with Crippen LogP contribution in [0.15, 0.2) is 24.3 Å². The SMILES string of the molecule is CC(C)(C)NC(CCCCN(CCOc1ccc(CC(NC(C)(C)C)C(=O)C(C)(C)C)cc1)C(=N)N)C(=O)C(C)(C)C. The number of carbonyl (C=O) groups is 2. The Kier molecular flexibility index (Phi) is 13.7. The van der Waals surface area contributed by atoms with Crippen LogP contribution in [-0.2, 0) is 16.0 Å². The van der Waals surface area contributed by atoms with Crippen LogP contribution in [0.2, 0.25) is 0 Å². The van der Waals surface area contributed by atoms with E-state index in [9.17, 15) is 9.59 Å². The van der Waals surface area contributed by atoms with Gasteiger partial charge >= 0.3 is 0 Å². The summed E-state index contributed by atoms with van der Waals surface area (Å²) in [6.45, 7) is 25.8. The molecule has 0 bridgehead atoms. The number of nitrogens with two attached hydrogens (primary N) is 1. The first-order chi connectivity index (χ1) is 19.0. The lowest BCUT2D eigenvalue weighted by atomic mass is 9.83. The van der Waals surface area contributed by atoms with Crippen LogP contribution in [0.1, 0.15) is 108 Å². The third-order valence-corrected chi connectivity index (χ3v) is 6.83. The Labute approximate surface area is 256 Å². The minimum Gasteiger partial charge on any atom is -0.492 e. The molecular formula is C34H61N5O3. The Morgan fingerprint density at radius 2 is 1.26 bits per heavy atom. The van der Waals surface area contributed by atoms with Gasteiger partial charge in [0.2, 0.25) is 0 Å². The zero-order valence-electron chi connectivity index (χ0n) is 28.7. The zero-order chi connectivity index (χ0) is 32.5. The van der Waals surface area contributed by atoms with Gasteiger partial charge in [0.05, 0.1) is 18.6 Å². The van der Waals surface area contributed by atoms with Crippen molar-refractivity contribution < 1.29 is 14.3 Å². The summed E-state index contributed by atoms with van der Waals surface area (Å²) in [7, 11) is 0. The molecule has 0 saturated carbocycles. The molecule has 0 saturated heterocycles. The highest BCUT2D eigenvalue weighted by atomic mass is 16.5. The number of rotatable bonds is 15. The fourth-order valence-corrected chi connectivity index (χ4v) is 4.80. The minimum absolute atomic E-state index is 0.0185. The molecule has 8 heteroatoms. The van der Waals surface area contributed by atoms with Crippen molar-refractivity contribution in [3.63, 3.8) is 0 Å². The first-order valence-electron chi connectivity index (χ1n) is 15.4. The van der Waals surface area contributed by atoms with Crippen molar-refractivity contribution in [3.8, 4) is 5.75 Å². The molecule has 0 aliphatic carbocycles. The maximum absolute atomic E-state index is 13.1. The monoisotopic (exact) mass is 587 g/mol. The molecule has 2 unspecified atom stereocenters. The molecule has 1 rings (SSSR count). The summed E-state index contributed by atoms with van der Waals surface area (Å²) in [5, 5.41) is 15.0. The molecule has 0 radical (unpaired) electrons. The Bertz CT molecular complexity index is 1010. The smallest absolute Gasteiger partial charge is 0.188 e. The van der Waals surface area contributed by atoms with E-state index in [4.69, 9.17) is 15.9 Å². The number of hydrogen-bond donors (Lipinski definition) is 4. The number of Topliss-reactive ketones (excluding diaryl/α,β-unsaturated/α-hetero) is 2. The average molecular weight is 588 g/mol. The molecule has 0 aromatic heterocycles. The number of ether oxygens (including phenoxy) is 1. The van der Waals surface area contributed by atoms with Gasteiger partial charge in [-0.1, -0.05) is 53.7 Å². The molecule has 0 fully saturated rings. The largest absolute Gasteiger partial charge is 0.492 e. The molecule has 0 spiro atoms. The van der Waals surface area contributed by atoms with Gasteiger partial charge in [0.15, 0.2) is 17.5 Å². The molecule has 0 amide bonds. The molecule has 0 aliphatic rings. The van der Waals surface area contributed by atoms with Crippen LogP contribution < -0.4 is 21.1 Å². The van der Waals surface area contributed by atoms with Gasteiger partial charge in [-0.2, -0.15) is 0 Å². The van der Waals surface area contributed by atoms with Gasteiger partial charge in [-0.15, -0.1) is 0 Å². The summed E-state index contributed by atoms with van der Waals surface area (Å²) in [6, 6.07) is 7.40. The van der Waals surface area contributed by atoms with Gasteiger partial charge in [-0.25, -0.2) is 0 Å².